The average molecular weight is 185 g/mol. The maximum Gasteiger partial charge on any atom is 0.143 e. The Bertz CT molecular complexity index is 177. The molecule has 78 valence electrons. The Hall–Kier alpha value is -0.370. The summed E-state index contributed by atoms with van der Waals surface area (Å²) >= 11 is 0. The molecule has 2 heteroatoms. The van der Waals surface area contributed by atoms with Crippen LogP contribution in [0, 0.1) is 5.41 Å². The van der Waals surface area contributed by atoms with Gasteiger partial charge in [0.15, 0.2) is 0 Å². The van der Waals surface area contributed by atoms with Gasteiger partial charge in [-0.25, -0.2) is 0 Å². The zero-order chi connectivity index (χ0) is 10.7. The van der Waals surface area contributed by atoms with Crippen molar-refractivity contribution in [3.8, 4) is 0 Å². The van der Waals surface area contributed by atoms with Crippen LogP contribution in [-0.2, 0) is 4.79 Å². The van der Waals surface area contributed by atoms with Gasteiger partial charge in [0.05, 0.1) is 6.54 Å². The second kappa shape index (κ2) is 4.23. The zero-order valence-corrected chi connectivity index (χ0v) is 9.82. The Balaban J connectivity index is 4.01. The van der Waals surface area contributed by atoms with Crippen LogP contribution in [0.3, 0.4) is 0 Å². The molecular weight excluding hydrogens is 162 g/mol. The topological polar surface area (TPSA) is 29.1 Å². The Morgan fingerprint density at radius 3 is 1.92 bits per heavy atom. The number of rotatable bonds is 4. The number of hydrogen-bond donors (Lipinski definition) is 1. The number of ketones is 1. The average Bonchev–Trinajstić information content (AvgIpc) is 1.78. The molecule has 1 N–H and O–H groups in total. The van der Waals surface area contributed by atoms with Gasteiger partial charge in [-0.1, -0.05) is 20.8 Å². The number of nitrogens with one attached hydrogen (secondary N) is 1. The first-order chi connectivity index (χ1) is 5.62. The minimum absolute atomic E-state index is 0.0456. The first-order valence-corrected chi connectivity index (χ1v) is 4.87. The maximum absolute atomic E-state index is 10.8. The molecule has 0 atom stereocenters. The van der Waals surface area contributed by atoms with Gasteiger partial charge in [0.1, 0.15) is 5.78 Å². The molecule has 0 aromatic carbocycles. The molecule has 0 unspecified atom stereocenters. The molecule has 0 bridgehead atoms. The van der Waals surface area contributed by atoms with Gasteiger partial charge in [0, 0.05) is 5.54 Å². The molecule has 2 nitrogen and oxygen atoms in total. The molecular formula is C11H23NO. The second-order valence-electron chi connectivity index (χ2n) is 5.68. The van der Waals surface area contributed by atoms with Crippen LogP contribution in [0.4, 0.5) is 0 Å². The molecule has 0 aliphatic rings. The van der Waals surface area contributed by atoms with E-state index in [2.05, 4.69) is 39.9 Å². The minimum Gasteiger partial charge on any atom is -0.305 e. The molecule has 0 aromatic heterocycles. The summed E-state index contributed by atoms with van der Waals surface area (Å²) in [4.78, 5) is 10.8. The van der Waals surface area contributed by atoms with Crippen LogP contribution in [0.5, 0.6) is 0 Å². The van der Waals surface area contributed by atoms with Crippen molar-refractivity contribution in [3.05, 3.63) is 0 Å². The van der Waals surface area contributed by atoms with E-state index in [-0.39, 0.29) is 11.3 Å². The predicted molar refractivity (Wildman–Crippen MR) is 56.8 cm³/mol. The third-order valence-corrected chi connectivity index (χ3v) is 1.79. The van der Waals surface area contributed by atoms with E-state index < -0.39 is 0 Å². The Labute approximate surface area is 82.1 Å². The number of Topliss-reactive ketones (excluding diaryl/α,β-unsaturated/α-hetero) is 1. The van der Waals surface area contributed by atoms with E-state index in [1.165, 1.54) is 0 Å². The van der Waals surface area contributed by atoms with E-state index in [1.807, 2.05) is 0 Å². The summed E-state index contributed by atoms with van der Waals surface area (Å²) in [5.41, 5.74) is 0.344. The second-order valence-corrected chi connectivity index (χ2v) is 5.68. The third kappa shape index (κ3) is 7.97. The lowest BCUT2D eigenvalue weighted by Gasteiger charge is -2.33. The van der Waals surface area contributed by atoms with Crippen molar-refractivity contribution in [2.24, 2.45) is 5.41 Å². The van der Waals surface area contributed by atoms with Gasteiger partial charge in [0.25, 0.3) is 0 Å². The fraction of sp³-hybridized carbons (Fsp3) is 0.909. The minimum atomic E-state index is 0.0456. The van der Waals surface area contributed by atoms with Crippen molar-refractivity contribution in [1.29, 1.82) is 0 Å². The van der Waals surface area contributed by atoms with Crippen LogP contribution in [0.15, 0.2) is 0 Å². The third-order valence-electron chi connectivity index (χ3n) is 1.79. The highest BCUT2D eigenvalue weighted by Gasteiger charge is 2.24. The van der Waals surface area contributed by atoms with Crippen LogP contribution < -0.4 is 5.32 Å². The smallest absolute Gasteiger partial charge is 0.143 e. The van der Waals surface area contributed by atoms with Crippen LogP contribution in [-0.4, -0.2) is 17.9 Å². The number of carbonyl (C=O) groups excluding carboxylic acids is 1. The van der Waals surface area contributed by atoms with Crippen LogP contribution in [0.25, 0.3) is 0 Å². The highest BCUT2D eigenvalue weighted by Crippen LogP contribution is 2.26. The predicted octanol–water partition coefficient (Wildman–Crippen LogP) is 2.38. The van der Waals surface area contributed by atoms with Crippen LogP contribution >= 0.6 is 0 Å². The van der Waals surface area contributed by atoms with E-state index in [0.717, 1.165) is 6.42 Å². The molecule has 0 aromatic rings. The van der Waals surface area contributed by atoms with Gasteiger partial charge < -0.3 is 5.32 Å². The van der Waals surface area contributed by atoms with Crippen molar-refractivity contribution in [2.75, 3.05) is 6.54 Å². The van der Waals surface area contributed by atoms with Crippen molar-refractivity contribution < 1.29 is 4.79 Å². The Kier molecular flexibility index (Phi) is 4.11. The standard InChI is InChI=1S/C11H23NO/c1-9(13)7-12-11(5,6)8-10(2,3)4/h12H,7-8H2,1-6H3. The van der Waals surface area contributed by atoms with Crippen LogP contribution in [0.1, 0.15) is 48.0 Å². The lowest BCUT2D eigenvalue weighted by Crippen LogP contribution is -2.44. The molecule has 0 rings (SSSR count). The van der Waals surface area contributed by atoms with Crippen molar-refractivity contribution in [2.45, 2.75) is 53.5 Å². The summed E-state index contributed by atoms with van der Waals surface area (Å²) < 4.78 is 0. The first-order valence-electron chi connectivity index (χ1n) is 4.87. The summed E-state index contributed by atoms with van der Waals surface area (Å²) in [6, 6.07) is 0. The summed E-state index contributed by atoms with van der Waals surface area (Å²) in [5.74, 6) is 0.196. The fourth-order valence-electron chi connectivity index (χ4n) is 1.75. The number of carbonyl (C=O) groups is 1. The molecule has 0 aliphatic heterocycles. The first kappa shape index (κ1) is 12.6. The normalized spacial score (nSPS) is 13.1. The van der Waals surface area contributed by atoms with Gasteiger partial charge in [-0.3, -0.25) is 4.79 Å². The highest BCUT2D eigenvalue weighted by atomic mass is 16.1. The fourth-order valence-corrected chi connectivity index (χ4v) is 1.75. The molecule has 0 fully saturated rings. The van der Waals surface area contributed by atoms with E-state index >= 15 is 0 Å². The maximum atomic E-state index is 10.8. The van der Waals surface area contributed by atoms with Gasteiger partial charge >= 0.3 is 0 Å². The van der Waals surface area contributed by atoms with Crippen molar-refractivity contribution >= 4 is 5.78 Å². The highest BCUT2D eigenvalue weighted by molar-refractivity contribution is 5.77. The monoisotopic (exact) mass is 185 g/mol. The largest absolute Gasteiger partial charge is 0.305 e. The molecule has 0 saturated carbocycles. The van der Waals surface area contributed by atoms with Crippen molar-refractivity contribution in [3.63, 3.8) is 0 Å². The molecule has 0 saturated heterocycles. The number of hydrogen-bond acceptors (Lipinski definition) is 2. The zero-order valence-electron chi connectivity index (χ0n) is 9.82. The van der Waals surface area contributed by atoms with E-state index in [4.69, 9.17) is 0 Å². The van der Waals surface area contributed by atoms with Gasteiger partial charge in [-0.2, -0.15) is 0 Å². The quantitative estimate of drug-likeness (QED) is 0.728. The summed E-state index contributed by atoms with van der Waals surface area (Å²) in [7, 11) is 0. The summed E-state index contributed by atoms with van der Waals surface area (Å²) in [5, 5.41) is 3.27. The Morgan fingerprint density at radius 2 is 1.62 bits per heavy atom. The van der Waals surface area contributed by atoms with Crippen LogP contribution in [0.2, 0.25) is 0 Å². The molecule has 0 amide bonds. The molecule has 0 radical (unpaired) electrons. The molecule has 13 heavy (non-hydrogen) atoms. The van der Waals surface area contributed by atoms with Gasteiger partial charge in [0.2, 0.25) is 0 Å². The van der Waals surface area contributed by atoms with Gasteiger partial charge in [-0.15, -0.1) is 0 Å². The van der Waals surface area contributed by atoms with E-state index in [1.54, 1.807) is 6.92 Å². The SMILES string of the molecule is CC(=O)CNC(C)(C)CC(C)(C)C. The summed E-state index contributed by atoms with van der Waals surface area (Å²) in [6.45, 7) is 13.0. The lowest BCUT2D eigenvalue weighted by atomic mass is 9.82. The molecule has 0 heterocycles. The lowest BCUT2D eigenvalue weighted by molar-refractivity contribution is -0.116. The van der Waals surface area contributed by atoms with E-state index in [9.17, 15) is 4.79 Å². The van der Waals surface area contributed by atoms with Crippen molar-refractivity contribution in [1.82, 2.24) is 5.32 Å². The van der Waals surface area contributed by atoms with E-state index in [0.29, 0.717) is 12.0 Å². The summed E-state index contributed by atoms with van der Waals surface area (Å²) in [6.07, 6.45) is 1.06. The molecule has 0 spiro atoms. The molecule has 0 aliphatic carbocycles. The van der Waals surface area contributed by atoms with Gasteiger partial charge in [-0.05, 0) is 32.6 Å². The Morgan fingerprint density at radius 1 is 1.15 bits per heavy atom.